The molecule has 29 heavy (non-hydrogen) atoms. The number of aryl methyl sites for hydroxylation is 2. The third-order valence-corrected chi connectivity index (χ3v) is 7.08. The molecule has 1 atom stereocenters. The van der Waals surface area contributed by atoms with Gasteiger partial charge in [-0.25, -0.2) is 13.1 Å². The van der Waals surface area contributed by atoms with Crippen LogP contribution in [-0.4, -0.2) is 43.5 Å². The number of likely N-dealkylation sites (N-methyl/N-ethyl adjacent to an activating group) is 1. The van der Waals surface area contributed by atoms with Crippen molar-refractivity contribution in [1.29, 1.82) is 0 Å². The van der Waals surface area contributed by atoms with Gasteiger partial charge in [-0.1, -0.05) is 18.2 Å². The smallest absolute Gasteiger partial charge is 0.240 e. The first-order chi connectivity index (χ1) is 13.8. The molecule has 0 fully saturated rings. The van der Waals surface area contributed by atoms with E-state index in [4.69, 9.17) is 0 Å². The fraction of sp³-hybridized carbons (Fsp3) is 0.273. The van der Waals surface area contributed by atoms with Gasteiger partial charge in [0.15, 0.2) is 0 Å². The zero-order chi connectivity index (χ0) is 20.8. The molecular weight excluding hydrogens is 384 g/mol. The number of nitrogens with one attached hydrogen (secondary N) is 2. The second-order valence-electron chi connectivity index (χ2n) is 7.73. The highest BCUT2D eigenvalue weighted by molar-refractivity contribution is 7.89. The van der Waals surface area contributed by atoms with Crippen molar-refractivity contribution in [3.63, 3.8) is 0 Å². The van der Waals surface area contributed by atoms with Crippen LogP contribution in [0.25, 0.3) is 21.8 Å². The van der Waals surface area contributed by atoms with Crippen LogP contribution in [0.1, 0.15) is 17.2 Å². The van der Waals surface area contributed by atoms with Gasteiger partial charge in [0.2, 0.25) is 10.0 Å². The Morgan fingerprint density at radius 3 is 2.69 bits per heavy atom. The molecule has 0 aliphatic carbocycles. The van der Waals surface area contributed by atoms with Gasteiger partial charge in [0.05, 0.1) is 4.90 Å². The van der Waals surface area contributed by atoms with Crippen molar-refractivity contribution < 1.29 is 8.42 Å². The van der Waals surface area contributed by atoms with Gasteiger partial charge in [0, 0.05) is 48.4 Å². The number of sulfonamides is 1. The number of para-hydroxylation sites is 1. The van der Waals surface area contributed by atoms with Crippen molar-refractivity contribution in [2.24, 2.45) is 7.05 Å². The van der Waals surface area contributed by atoms with E-state index in [9.17, 15) is 8.42 Å². The van der Waals surface area contributed by atoms with Crippen LogP contribution in [0, 0.1) is 6.92 Å². The largest absolute Gasteiger partial charge is 0.361 e. The van der Waals surface area contributed by atoms with E-state index in [1.165, 1.54) is 0 Å². The molecule has 0 amide bonds. The number of benzene rings is 2. The molecule has 0 aliphatic heterocycles. The summed E-state index contributed by atoms with van der Waals surface area (Å²) in [5, 5.41) is 2.14. The molecule has 0 saturated carbocycles. The Morgan fingerprint density at radius 1 is 1.17 bits per heavy atom. The summed E-state index contributed by atoms with van der Waals surface area (Å²) in [5.41, 5.74) is 3.78. The van der Waals surface area contributed by atoms with Crippen LogP contribution >= 0.6 is 0 Å². The minimum absolute atomic E-state index is 0.0922. The summed E-state index contributed by atoms with van der Waals surface area (Å²) < 4.78 is 31.1. The zero-order valence-electron chi connectivity index (χ0n) is 17.1. The summed E-state index contributed by atoms with van der Waals surface area (Å²) in [6, 6.07) is 13.6. The fourth-order valence-corrected chi connectivity index (χ4v) is 5.25. The molecule has 1 unspecified atom stereocenters. The number of fused-ring (bicyclic) bond motifs is 2. The van der Waals surface area contributed by atoms with Crippen molar-refractivity contribution in [2.45, 2.75) is 17.9 Å². The molecule has 4 aromatic rings. The maximum absolute atomic E-state index is 13.1. The van der Waals surface area contributed by atoms with Gasteiger partial charge in [0.1, 0.15) is 0 Å². The Kier molecular flexibility index (Phi) is 4.98. The Hall–Kier alpha value is -2.61. The Labute approximate surface area is 171 Å². The van der Waals surface area contributed by atoms with Crippen LogP contribution in [0.3, 0.4) is 0 Å². The Morgan fingerprint density at radius 2 is 1.93 bits per heavy atom. The molecule has 2 aromatic heterocycles. The van der Waals surface area contributed by atoms with E-state index < -0.39 is 10.0 Å². The number of nitrogens with zero attached hydrogens (tertiary/aromatic N) is 2. The maximum Gasteiger partial charge on any atom is 0.240 e. The average molecular weight is 411 g/mol. The number of hydrogen-bond donors (Lipinski definition) is 2. The predicted molar refractivity (Wildman–Crippen MR) is 118 cm³/mol. The van der Waals surface area contributed by atoms with Gasteiger partial charge in [-0.05, 0) is 61.8 Å². The molecular formula is C22H26N4O2S. The molecule has 152 valence electrons. The normalized spacial score (nSPS) is 13.6. The molecule has 0 bridgehead atoms. The molecule has 0 saturated heterocycles. The molecule has 6 nitrogen and oxygen atoms in total. The predicted octanol–water partition coefficient (Wildman–Crippen LogP) is 3.55. The maximum atomic E-state index is 13.1. The van der Waals surface area contributed by atoms with Crippen LogP contribution in [0.5, 0.6) is 0 Å². The summed E-state index contributed by atoms with van der Waals surface area (Å²) in [5.74, 6) is 0. The van der Waals surface area contributed by atoms with E-state index in [1.807, 2.05) is 63.4 Å². The van der Waals surface area contributed by atoms with Gasteiger partial charge in [0.25, 0.3) is 0 Å². The average Bonchev–Trinajstić information content (AvgIpc) is 3.25. The van der Waals surface area contributed by atoms with Crippen molar-refractivity contribution in [1.82, 2.24) is 19.2 Å². The van der Waals surface area contributed by atoms with Crippen LogP contribution in [0.2, 0.25) is 0 Å². The molecule has 2 heterocycles. The standard InChI is InChI=1S/C22H26N4O2S/c1-15-11-16-9-10-23-19(16)12-22(15)29(27,28)24-13-21(25(2)3)18-14-26(4)20-8-6-5-7-17(18)20/h5-12,14,21,23-24H,13H2,1-4H3. The van der Waals surface area contributed by atoms with Crippen LogP contribution in [-0.2, 0) is 17.1 Å². The lowest BCUT2D eigenvalue weighted by atomic mass is 10.1. The van der Waals surface area contributed by atoms with Gasteiger partial charge in [-0.2, -0.15) is 0 Å². The van der Waals surface area contributed by atoms with E-state index in [2.05, 4.69) is 32.6 Å². The summed E-state index contributed by atoms with van der Waals surface area (Å²) in [7, 11) is 2.30. The van der Waals surface area contributed by atoms with Gasteiger partial charge >= 0.3 is 0 Å². The van der Waals surface area contributed by atoms with E-state index in [0.717, 1.165) is 32.9 Å². The van der Waals surface area contributed by atoms with Crippen molar-refractivity contribution in [2.75, 3.05) is 20.6 Å². The monoisotopic (exact) mass is 410 g/mol. The van der Waals surface area contributed by atoms with Gasteiger partial charge in [-0.15, -0.1) is 0 Å². The summed E-state index contributed by atoms with van der Waals surface area (Å²) in [6.07, 6.45) is 3.90. The van der Waals surface area contributed by atoms with Crippen LogP contribution in [0.15, 0.2) is 59.8 Å². The molecule has 0 aliphatic rings. The first kappa shape index (κ1) is 19.7. The van der Waals surface area contributed by atoms with Crippen LogP contribution in [0.4, 0.5) is 0 Å². The fourth-order valence-electron chi connectivity index (χ4n) is 3.96. The number of rotatable bonds is 6. The highest BCUT2D eigenvalue weighted by Gasteiger charge is 2.24. The van der Waals surface area contributed by atoms with Crippen molar-refractivity contribution in [3.8, 4) is 0 Å². The number of aromatic amines is 1. The first-order valence-electron chi connectivity index (χ1n) is 9.56. The molecule has 7 heteroatoms. The minimum atomic E-state index is -3.65. The van der Waals surface area contributed by atoms with Crippen molar-refractivity contribution >= 4 is 31.8 Å². The second-order valence-corrected chi connectivity index (χ2v) is 9.46. The summed E-state index contributed by atoms with van der Waals surface area (Å²) in [6.45, 7) is 2.11. The lowest BCUT2D eigenvalue weighted by molar-refractivity contribution is 0.301. The minimum Gasteiger partial charge on any atom is -0.361 e. The SMILES string of the molecule is Cc1cc2cc[nH]c2cc1S(=O)(=O)NCC(c1cn(C)c2ccccc12)N(C)C. The van der Waals surface area contributed by atoms with Crippen molar-refractivity contribution in [3.05, 3.63) is 66.0 Å². The van der Waals surface area contributed by atoms with Gasteiger partial charge in [-0.3, -0.25) is 0 Å². The zero-order valence-corrected chi connectivity index (χ0v) is 17.9. The van der Waals surface area contributed by atoms with E-state index >= 15 is 0 Å². The number of H-pyrrole nitrogens is 1. The number of hydrogen-bond acceptors (Lipinski definition) is 3. The Bertz CT molecular complexity index is 1280. The highest BCUT2D eigenvalue weighted by Crippen LogP contribution is 2.29. The third-order valence-electron chi connectivity index (χ3n) is 5.52. The first-order valence-corrected chi connectivity index (χ1v) is 11.0. The van der Waals surface area contributed by atoms with E-state index in [1.54, 1.807) is 6.07 Å². The molecule has 4 rings (SSSR count). The summed E-state index contributed by atoms with van der Waals surface area (Å²) in [4.78, 5) is 5.44. The van der Waals surface area contributed by atoms with E-state index in [-0.39, 0.29) is 12.6 Å². The highest BCUT2D eigenvalue weighted by atomic mass is 32.2. The third kappa shape index (κ3) is 3.57. The molecule has 2 aromatic carbocycles. The van der Waals surface area contributed by atoms with E-state index in [0.29, 0.717) is 4.90 Å². The summed E-state index contributed by atoms with van der Waals surface area (Å²) >= 11 is 0. The topological polar surface area (TPSA) is 70.1 Å². The Balaban J connectivity index is 1.66. The molecule has 2 N–H and O–H groups in total. The quantitative estimate of drug-likeness (QED) is 0.511. The van der Waals surface area contributed by atoms with Crippen LogP contribution < -0.4 is 4.72 Å². The number of aromatic nitrogens is 2. The molecule has 0 radical (unpaired) electrons. The lowest BCUT2D eigenvalue weighted by Gasteiger charge is -2.24. The molecule has 0 spiro atoms. The lowest BCUT2D eigenvalue weighted by Crippen LogP contribution is -2.34. The van der Waals surface area contributed by atoms with Gasteiger partial charge < -0.3 is 14.5 Å². The second kappa shape index (κ2) is 7.33.